The molecule has 0 saturated heterocycles. The first-order chi connectivity index (χ1) is 8.72. The van der Waals surface area contributed by atoms with Crippen LogP contribution in [0.5, 0.6) is 0 Å². The zero-order valence-corrected chi connectivity index (χ0v) is 9.97. The van der Waals surface area contributed by atoms with Crippen LogP contribution in [-0.4, -0.2) is 11.0 Å². The van der Waals surface area contributed by atoms with Crippen LogP contribution in [0.25, 0.3) is 0 Å². The molecule has 18 heavy (non-hydrogen) atoms. The molecule has 92 valence electrons. The van der Waals surface area contributed by atoms with Crippen LogP contribution in [0.4, 0.5) is 0 Å². The van der Waals surface area contributed by atoms with E-state index in [1.54, 1.807) is 12.1 Å². The summed E-state index contributed by atoms with van der Waals surface area (Å²) in [6.45, 7) is -0.179. The normalized spacial score (nSPS) is 10.3. The highest BCUT2D eigenvalue weighted by Gasteiger charge is 2.11. The van der Waals surface area contributed by atoms with Gasteiger partial charge in [0.15, 0.2) is 0 Å². The van der Waals surface area contributed by atoms with E-state index in [1.165, 1.54) is 0 Å². The summed E-state index contributed by atoms with van der Waals surface area (Å²) >= 11 is 0. The Morgan fingerprint density at radius 1 is 1.06 bits per heavy atom. The van der Waals surface area contributed by atoms with E-state index in [-0.39, 0.29) is 6.61 Å². The van der Waals surface area contributed by atoms with Gasteiger partial charge in [-0.25, -0.2) is 0 Å². The number of carbonyl (C=O) groups is 1. The maximum absolute atomic E-state index is 11.3. The first kappa shape index (κ1) is 12.3. The fraction of sp³-hybridized carbons (Fsp3) is 0.133. The molecule has 3 heteroatoms. The molecule has 2 aromatic carbocycles. The van der Waals surface area contributed by atoms with Gasteiger partial charge in [-0.15, -0.1) is 0 Å². The third kappa shape index (κ3) is 2.57. The van der Waals surface area contributed by atoms with Crippen LogP contribution in [0.2, 0.25) is 0 Å². The molecule has 0 atom stereocenters. The molecular formula is C15H15NO2. The minimum atomic E-state index is -0.506. The lowest BCUT2D eigenvalue weighted by Gasteiger charge is -2.11. The van der Waals surface area contributed by atoms with Crippen molar-refractivity contribution in [3.05, 3.63) is 70.8 Å². The fourth-order valence-corrected chi connectivity index (χ4v) is 2.03. The fourth-order valence-electron chi connectivity index (χ4n) is 2.03. The monoisotopic (exact) mass is 241 g/mol. The Kier molecular flexibility index (Phi) is 3.75. The molecule has 0 bridgehead atoms. The first-order valence-electron chi connectivity index (χ1n) is 5.77. The maximum atomic E-state index is 11.3. The van der Waals surface area contributed by atoms with Gasteiger partial charge in [-0.2, -0.15) is 0 Å². The van der Waals surface area contributed by atoms with Gasteiger partial charge >= 0.3 is 0 Å². The summed E-state index contributed by atoms with van der Waals surface area (Å²) in [5.41, 5.74) is 8.38. The van der Waals surface area contributed by atoms with E-state index in [0.717, 1.165) is 11.1 Å². The topological polar surface area (TPSA) is 63.3 Å². The molecule has 0 radical (unpaired) electrons. The van der Waals surface area contributed by atoms with Gasteiger partial charge in [0.25, 0.3) is 0 Å². The lowest BCUT2D eigenvalue weighted by Crippen LogP contribution is -2.15. The molecule has 0 aromatic heterocycles. The van der Waals surface area contributed by atoms with Crippen molar-refractivity contribution >= 4 is 5.91 Å². The lowest BCUT2D eigenvalue weighted by molar-refractivity contribution is 0.0997. The van der Waals surface area contributed by atoms with E-state index in [2.05, 4.69) is 0 Å². The summed E-state index contributed by atoms with van der Waals surface area (Å²) in [6, 6.07) is 15.2. The minimum absolute atomic E-state index is 0.179. The number of hydrogen-bond acceptors (Lipinski definition) is 2. The third-order valence-corrected chi connectivity index (χ3v) is 2.93. The van der Waals surface area contributed by atoms with Crippen molar-refractivity contribution in [3.8, 4) is 0 Å². The molecule has 3 N–H and O–H groups in total. The van der Waals surface area contributed by atoms with Gasteiger partial charge in [0.2, 0.25) is 5.91 Å². The molecule has 0 saturated carbocycles. The van der Waals surface area contributed by atoms with Gasteiger partial charge in [-0.1, -0.05) is 42.5 Å². The summed E-state index contributed by atoms with van der Waals surface area (Å²) in [4.78, 5) is 11.3. The molecule has 2 rings (SSSR count). The summed E-state index contributed by atoms with van der Waals surface area (Å²) in [5, 5.41) is 9.42. The van der Waals surface area contributed by atoms with E-state index < -0.39 is 5.91 Å². The predicted octanol–water partition coefficient (Wildman–Crippen LogP) is 1.87. The molecule has 0 fully saturated rings. The number of amides is 1. The third-order valence-electron chi connectivity index (χ3n) is 2.93. The molecule has 2 aromatic rings. The van der Waals surface area contributed by atoms with Gasteiger partial charge in [-0.05, 0) is 29.2 Å². The number of rotatable bonds is 4. The average Bonchev–Trinajstić information content (AvgIpc) is 2.39. The Labute approximate surface area is 106 Å². The number of aliphatic hydroxyl groups excluding tert-OH is 1. The number of nitrogens with two attached hydrogens (primary N) is 1. The number of aliphatic hydroxyl groups is 1. The standard InChI is InChI=1S/C15H15NO2/c16-15(18)13-8-4-7-12(14(13)10-17)9-11-5-2-1-3-6-11/h1-8,17H,9-10H2,(H2,16,18). The molecule has 3 nitrogen and oxygen atoms in total. The smallest absolute Gasteiger partial charge is 0.249 e. The van der Waals surface area contributed by atoms with Crippen molar-refractivity contribution in [2.75, 3.05) is 0 Å². The number of primary amides is 1. The van der Waals surface area contributed by atoms with Crippen LogP contribution >= 0.6 is 0 Å². The minimum Gasteiger partial charge on any atom is -0.392 e. The number of benzene rings is 2. The second kappa shape index (κ2) is 5.47. The highest BCUT2D eigenvalue weighted by molar-refractivity contribution is 5.94. The van der Waals surface area contributed by atoms with E-state index >= 15 is 0 Å². The summed E-state index contributed by atoms with van der Waals surface area (Å²) in [7, 11) is 0. The number of hydrogen-bond donors (Lipinski definition) is 2. The Hall–Kier alpha value is -2.13. The molecule has 0 aliphatic rings. The van der Waals surface area contributed by atoms with E-state index in [1.807, 2.05) is 36.4 Å². The Morgan fingerprint density at radius 2 is 1.78 bits per heavy atom. The predicted molar refractivity (Wildman–Crippen MR) is 70.1 cm³/mol. The molecule has 0 heterocycles. The van der Waals surface area contributed by atoms with Crippen molar-refractivity contribution in [1.29, 1.82) is 0 Å². The maximum Gasteiger partial charge on any atom is 0.249 e. The van der Waals surface area contributed by atoms with Crippen molar-refractivity contribution in [2.45, 2.75) is 13.0 Å². The van der Waals surface area contributed by atoms with E-state index in [4.69, 9.17) is 5.73 Å². The highest BCUT2D eigenvalue weighted by Crippen LogP contribution is 2.18. The zero-order valence-electron chi connectivity index (χ0n) is 9.97. The van der Waals surface area contributed by atoms with Crippen molar-refractivity contribution in [3.63, 3.8) is 0 Å². The van der Waals surface area contributed by atoms with Gasteiger partial charge in [0.1, 0.15) is 0 Å². The molecule has 0 aliphatic carbocycles. The Balaban J connectivity index is 2.39. The SMILES string of the molecule is NC(=O)c1cccc(Cc2ccccc2)c1CO. The van der Waals surface area contributed by atoms with Gasteiger partial charge in [0, 0.05) is 5.56 Å². The first-order valence-corrected chi connectivity index (χ1v) is 5.77. The van der Waals surface area contributed by atoms with E-state index in [9.17, 15) is 9.90 Å². The Bertz CT molecular complexity index is 550. The second-order valence-corrected chi connectivity index (χ2v) is 4.13. The van der Waals surface area contributed by atoms with Crippen LogP contribution in [0.3, 0.4) is 0 Å². The highest BCUT2D eigenvalue weighted by atomic mass is 16.3. The van der Waals surface area contributed by atoms with Gasteiger partial charge in [0.05, 0.1) is 6.61 Å². The molecule has 0 aliphatic heterocycles. The lowest BCUT2D eigenvalue weighted by atomic mass is 9.96. The van der Waals surface area contributed by atoms with Crippen LogP contribution in [0.1, 0.15) is 27.0 Å². The van der Waals surface area contributed by atoms with Crippen LogP contribution in [-0.2, 0) is 13.0 Å². The number of carbonyl (C=O) groups excluding carboxylic acids is 1. The van der Waals surface area contributed by atoms with Crippen molar-refractivity contribution < 1.29 is 9.90 Å². The van der Waals surface area contributed by atoms with Gasteiger partial charge in [-0.3, -0.25) is 4.79 Å². The van der Waals surface area contributed by atoms with Gasteiger partial charge < -0.3 is 10.8 Å². The second-order valence-electron chi connectivity index (χ2n) is 4.13. The van der Waals surface area contributed by atoms with Crippen LogP contribution in [0, 0.1) is 0 Å². The zero-order chi connectivity index (χ0) is 13.0. The van der Waals surface area contributed by atoms with Crippen LogP contribution in [0.15, 0.2) is 48.5 Å². The van der Waals surface area contributed by atoms with Crippen LogP contribution < -0.4 is 5.73 Å². The Morgan fingerprint density at radius 3 is 2.39 bits per heavy atom. The molecular weight excluding hydrogens is 226 g/mol. The summed E-state index contributed by atoms with van der Waals surface area (Å²) < 4.78 is 0. The summed E-state index contributed by atoms with van der Waals surface area (Å²) in [6.07, 6.45) is 0.678. The summed E-state index contributed by atoms with van der Waals surface area (Å²) in [5.74, 6) is -0.506. The largest absolute Gasteiger partial charge is 0.392 e. The molecule has 0 unspecified atom stereocenters. The molecule has 1 amide bonds. The van der Waals surface area contributed by atoms with E-state index in [0.29, 0.717) is 17.5 Å². The van der Waals surface area contributed by atoms with Crippen molar-refractivity contribution in [1.82, 2.24) is 0 Å². The average molecular weight is 241 g/mol. The van der Waals surface area contributed by atoms with Crippen molar-refractivity contribution in [2.24, 2.45) is 5.73 Å². The molecule has 0 spiro atoms. The quantitative estimate of drug-likeness (QED) is 0.858.